The number of rotatable bonds is 2. The van der Waals surface area contributed by atoms with Crippen LogP contribution in [-0.4, -0.2) is 22.1 Å². The van der Waals surface area contributed by atoms with Gasteiger partial charge in [0.05, 0.1) is 4.47 Å². The molecule has 0 bridgehead atoms. The normalized spacial score (nSPS) is 26.4. The van der Waals surface area contributed by atoms with Crippen molar-refractivity contribution in [2.75, 3.05) is 0 Å². The molecule has 2 atom stereocenters. The summed E-state index contributed by atoms with van der Waals surface area (Å²) in [6.07, 6.45) is 6.58. The second kappa shape index (κ2) is 4.23. The highest BCUT2D eigenvalue weighted by atomic mass is 79.9. The molecule has 0 aromatic carbocycles. The summed E-state index contributed by atoms with van der Waals surface area (Å²) < 4.78 is 6.42. The molecule has 4 nitrogen and oxygen atoms in total. The van der Waals surface area contributed by atoms with Gasteiger partial charge in [-0.1, -0.05) is 0 Å². The van der Waals surface area contributed by atoms with Crippen molar-refractivity contribution < 1.29 is 4.74 Å². The van der Waals surface area contributed by atoms with Crippen molar-refractivity contribution in [1.29, 1.82) is 0 Å². The Morgan fingerprint density at radius 3 is 2.64 bits per heavy atom. The smallest absolute Gasteiger partial charge is 0.316 e. The van der Waals surface area contributed by atoms with Crippen LogP contribution < -0.4 is 10.5 Å². The van der Waals surface area contributed by atoms with Gasteiger partial charge >= 0.3 is 6.01 Å². The Kier molecular flexibility index (Phi) is 2.98. The fourth-order valence-electron chi connectivity index (χ4n) is 1.60. The van der Waals surface area contributed by atoms with Crippen molar-refractivity contribution in [3.05, 3.63) is 16.9 Å². The highest BCUT2D eigenvalue weighted by Gasteiger charge is 2.26. The summed E-state index contributed by atoms with van der Waals surface area (Å²) in [5, 5.41) is 0. The Balaban J connectivity index is 2.00. The largest absolute Gasteiger partial charge is 0.458 e. The molecule has 1 saturated carbocycles. The number of aromatic nitrogens is 2. The van der Waals surface area contributed by atoms with Gasteiger partial charge in [0.1, 0.15) is 6.10 Å². The summed E-state index contributed by atoms with van der Waals surface area (Å²) in [5.41, 5.74) is 5.87. The van der Waals surface area contributed by atoms with Crippen LogP contribution >= 0.6 is 15.9 Å². The van der Waals surface area contributed by atoms with Gasteiger partial charge in [0, 0.05) is 18.4 Å². The number of ether oxygens (including phenoxy) is 1. The predicted molar refractivity (Wildman–Crippen MR) is 56.0 cm³/mol. The van der Waals surface area contributed by atoms with Crippen molar-refractivity contribution in [3.63, 3.8) is 0 Å². The van der Waals surface area contributed by atoms with E-state index >= 15 is 0 Å². The highest BCUT2D eigenvalue weighted by molar-refractivity contribution is 9.10. The first-order valence-electron chi connectivity index (χ1n) is 4.65. The standard InChI is InChI=1S/C9H12BrN3O/c10-6-4-12-9(13-5-6)14-8-3-1-2-7(8)11/h4-5,7-8H,1-3,11H2. The van der Waals surface area contributed by atoms with E-state index in [0.29, 0.717) is 6.01 Å². The Morgan fingerprint density at radius 2 is 2.07 bits per heavy atom. The third-order valence-electron chi connectivity index (χ3n) is 2.36. The summed E-state index contributed by atoms with van der Waals surface area (Å²) in [5.74, 6) is 0. The van der Waals surface area contributed by atoms with E-state index in [4.69, 9.17) is 10.5 Å². The monoisotopic (exact) mass is 257 g/mol. The number of hydrogen-bond acceptors (Lipinski definition) is 4. The number of hydrogen-bond donors (Lipinski definition) is 1. The molecule has 1 aromatic heterocycles. The molecular weight excluding hydrogens is 246 g/mol. The van der Waals surface area contributed by atoms with E-state index in [1.807, 2.05) is 0 Å². The van der Waals surface area contributed by atoms with E-state index < -0.39 is 0 Å². The van der Waals surface area contributed by atoms with Gasteiger partial charge in [0.15, 0.2) is 0 Å². The van der Waals surface area contributed by atoms with Crippen LogP contribution in [0.25, 0.3) is 0 Å². The van der Waals surface area contributed by atoms with Crippen LogP contribution in [0.4, 0.5) is 0 Å². The first kappa shape index (κ1) is 9.86. The maximum Gasteiger partial charge on any atom is 0.316 e. The Morgan fingerprint density at radius 1 is 1.36 bits per heavy atom. The SMILES string of the molecule is NC1CCCC1Oc1ncc(Br)cn1. The molecule has 0 spiro atoms. The van der Waals surface area contributed by atoms with Gasteiger partial charge in [0.25, 0.3) is 0 Å². The van der Waals surface area contributed by atoms with Crippen molar-refractivity contribution in [2.45, 2.75) is 31.4 Å². The van der Waals surface area contributed by atoms with Crippen molar-refractivity contribution in [3.8, 4) is 6.01 Å². The second-order valence-electron chi connectivity index (χ2n) is 3.43. The average Bonchev–Trinajstić information content (AvgIpc) is 2.56. The Hall–Kier alpha value is -0.680. The molecular formula is C9H12BrN3O. The molecule has 1 fully saturated rings. The van der Waals surface area contributed by atoms with Crippen molar-refractivity contribution in [1.82, 2.24) is 9.97 Å². The van der Waals surface area contributed by atoms with Gasteiger partial charge in [0.2, 0.25) is 0 Å². The van der Waals surface area contributed by atoms with Gasteiger partial charge in [-0.2, -0.15) is 0 Å². The predicted octanol–water partition coefficient (Wildman–Crippen LogP) is 1.50. The lowest BCUT2D eigenvalue weighted by atomic mass is 10.2. The van der Waals surface area contributed by atoms with E-state index in [0.717, 1.165) is 23.7 Å². The molecule has 0 aliphatic heterocycles. The van der Waals surface area contributed by atoms with Crippen molar-refractivity contribution >= 4 is 15.9 Å². The summed E-state index contributed by atoms with van der Waals surface area (Å²) in [6.45, 7) is 0. The van der Waals surface area contributed by atoms with Crippen LogP contribution in [0.1, 0.15) is 19.3 Å². The fourth-order valence-corrected chi connectivity index (χ4v) is 1.80. The highest BCUT2D eigenvalue weighted by Crippen LogP contribution is 2.21. The number of nitrogens with two attached hydrogens (primary N) is 1. The van der Waals surface area contributed by atoms with Gasteiger partial charge in [-0.3, -0.25) is 0 Å². The molecule has 5 heteroatoms. The lowest BCUT2D eigenvalue weighted by Crippen LogP contribution is -2.34. The van der Waals surface area contributed by atoms with Crippen LogP contribution in [0, 0.1) is 0 Å². The Labute approximate surface area is 91.0 Å². The van der Waals surface area contributed by atoms with Crippen LogP contribution in [0.2, 0.25) is 0 Å². The number of nitrogens with zero attached hydrogens (tertiary/aromatic N) is 2. The molecule has 76 valence electrons. The summed E-state index contributed by atoms with van der Waals surface area (Å²) >= 11 is 3.26. The lowest BCUT2D eigenvalue weighted by molar-refractivity contribution is 0.175. The lowest BCUT2D eigenvalue weighted by Gasteiger charge is -2.15. The fraction of sp³-hybridized carbons (Fsp3) is 0.556. The Bertz CT molecular complexity index is 303. The molecule has 0 amide bonds. The quantitative estimate of drug-likeness (QED) is 0.873. The topological polar surface area (TPSA) is 61.0 Å². The molecule has 1 heterocycles. The molecule has 14 heavy (non-hydrogen) atoms. The summed E-state index contributed by atoms with van der Waals surface area (Å²) in [7, 11) is 0. The first-order valence-corrected chi connectivity index (χ1v) is 5.45. The zero-order valence-corrected chi connectivity index (χ0v) is 9.27. The van der Waals surface area contributed by atoms with Gasteiger partial charge in [-0.05, 0) is 35.2 Å². The van der Waals surface area contributed by atoms with Gasteiger partial charge in [-0.25, -0.2) is 9.97 Å². The van der Waals surface area contributed by atoms with Gasteiger partial charge < -0.3 is 10.5 Å². The molecule has 0 saturated heterocycles. The minimum Gasteiger partial charge on any atom is -0.458 e. The summed E-state index contributed by atoms with van der Waals surface area (Å²) in [4.78, 5) is 8.08. The number of halogens is 1. The third kappa shape index (κ3) is 2.22. The average molecular weight is 258 g/mol. The maximum absolute atomic E-state index is 5.87. The van der Waals surface area contributed by atoms with Crippen LogP contribution in [0.5, 0.6) is 6.01 Å². The zero-order valence-electron chi connectivity index (χ0n) is 7.69. The van der Waals surface area contributed by atoms with E-state index in [-0.39, 0.29) is 12.1 Å². The molecule has 2 unspecified atom stereocenters. The van der Waals surface area contributed by atoms with Crippen LogP contribution in [0.15, 0.2) is 16.9 Å². The molecule has 2 rings (SSSR count). The van der Waals surface area contributed by atoms with Crippen LogP contribution in [-0.2, 0) is 0 Å². The summed E-state index contributed by atoms with van der Waals surface area (Å²) in [6, 6.07) is 0.540. The molecule has 1 aromatic rings. The third-order valence-corrected chi connectivity index (χ3v) is 2.77. The van der Waals surface area contributed by atoms with E-state index in [9.17, 15) is 0 Å². The molecule has 1 aliphatic rings. The van der Waals surface area contributed by atoms with E-state index in [1.54, 1.807) is 12.4 Å². The van der Waals surface area contributed by atoms with Crippen LogP contribution in [0.3, 0.4) is 0 Å². The maximum atomic E-state index is 5.87. The van der Waals surface area contributed by atoms with E-state index in [2.05, 4.69) is 25.9 Å². The molecule has 2 N–H and O–H groups in total. The molecule has 1 aliphatic carbocycles. The van der Waals surface area contributed by atoms with Crippen molar-refractivity contribution in [2.24, 2.45) is 5.73 Å². The second-order valence-corrected chi connectivity index (χ2v) is 4.35. The first-order chi connectivity index (χ1) is 6.75. The minimum atomic E-state index is 0.0798. The minimum absolute atomic E-state index is 0.0798. The van der Waals surface area contributed by atoms with Gasteiger partial charge in [-0.15, -0.1) is 0 Å². The molecule has 0 radical (unpaired) electrons. The van der Waals surface area contributed by atoms with E-state index in [1.165, 1.54) is 0 Å². The zero-order chi connectivity index (χ0) is 9.97.